The smallest absolute Gasteiger partial charge is 0.263 e. The van der Waals surface area contributed by atoms with E-state index in [1.54, 1.807) is 6.07 Å². The topological polar surface area (TPSA) is 12.9 Å². The van der Waals surface area contributed by atoms with Crippen molar-refractivity contribution in [3.63, 3.8) is 0 Å². The minimum absolute atomic E-state index is 0.388. The van der Waals surface area contributed by atoms with Crippen LogP contribution in [-0.2, 0) is 0 Å². The quantitative estimate of drug-likeness (QED) is 0.708. The third-order valence-corrected chi connectivity index (χ3v) is 1.44. The molecule has 0 atom stereocenters. The maximum atomic E-state index is 11.7. The third kappa shape index (κ3) is 2.76. The monoisotopic (exact) mass is 219 g/mol. The largest absolute Gasteiger partial charge is 0.270 e. The minimum Gasteiger partial charge on any atom is -0.263 e. The zero-order chi connectivity index (χ0) is 8.27. The molecule has 1 nitrogen and oxygen atoms in total. The van der Waals surface area contributed by atoms with Gasteiger partial charge in [-0.25, -0.2) is 0 Å². The van der Waals surface area contributed by atoms with E-state index in [-0.39, 0.29) is 0 Å². The summed E-state index contributed by atoms with van der Waals surface area (Å²) in [6.45, 7) is 0. The third-order valence-electron chi connectivity index (χ3n) is 1.00. The number of hydrogen-bond acceptors (Lipinski definition) is 1. The lowest BCUT2D eigenvalue weighted by atomic mass is 10.3. The number of rotatable bonds is 1. The summed E-state index contributed by atoms with van der Waals surface area (Å²) in [4.78, 5) is 3.71. The molecule has 4 heteroatoms. The average molecular weight is 220 g/mol. The van der Waals surface area contributed by atoms with Gasteiger partial charge in [-0.05, 0) is 27.6 Å². The molecule has 1 aromatic heterocycles. The van der Waals surface area contributed by atoms with Gasteiger partial charge in [-0.1, -0.05) is 0 Å². The number of hydrogen-bond donors (Lipinski definition) is 0. The van der Waals surface area contributed by atoms with Gasteiger partial charge in [-0.3, -0.25) is 4.98 Å². The van der Waals surface area contributed by atoms with Crippen molar-refractivity contribution in [2.24, 2.45) is 0 Å². The van der Waals surface area contributed by atoms with E-state index < -0.39 is 6.08 Å². The van der Waals surface area contributed by atoms with Gasteiger partial charge in [-0.2, -0.15) is 8.78 Å². The number of pyridine rings is 1. The van der Waals surface area contributed by atoms with Gasteiger partial charge in [0.2, 0.25) is 0 Å². The van der Waals surface area contributed by atoms with Crippen LogP contribution in [0.2, 0.25) is 0 Å². The van der Waals surface area contributed by atoms with Crippen molar-refractivity contribution in [3.8, 4) is 0 Å². The molecule has 1 heterocycles. The van der Waals surface area contributed by atoms with Crippen LogP contribution in [0.5, 0.6) is 0 Å². The Morgan fingerprint density at radius 2 is 2.18 bits per heavy atom. The van der Waals surface area contributed by atoms with Crippen LogP contribution < -0.4 is 0 Å². The van der Waals surface area contributed by atoms with Crippen LogP contribution in [0.4, 0.5) is 8.78 Å². The normalized spacial score (nSPS) is 9.36. The summed E-state index contributed by atoms with van der Waals surface area (Å²) >= 11 is 3.12. The molecule has 0 saturated carbocycles. The molecule has 0 fully saturated rings. The predicted octanol–water partition coefficient (Wildman–Crippen LogP) is 3.08. The highest BCUT2D eigenvalue weighted by atomic mass is 79.9. The van der Waals surface area contributed by atoms with Crippen molar-refractivity contribution in [2.45, 2.75) is 0 Å². The van der Waals surface area contributed by atoms with Crippen LogP contribution in [0.25, 0.3) is 6.08 Å². The molecular formula is C7H4BrF2N. The molecule has 1 rings (SSSR count). The fourth-order valence-electron chi connectivity index (χ4n) is 0.633. The van der Waals surface area contributed by atoms with Crippen molar-refractivity contribution in [1.29, 1.82) is 0 Å². The van der Waals surface area contributed by atoms with Crippen molar-refractivity contribution in [3.05, 3.63) is 34.6 Å². The zero-order valence-corrected chi connectivity index (χ0v) is 6.98. The first-order valence-corrected chi connectivity index (χ1v) is 3.61. The second-order valence-corrected chi connectivity index (χ2v) is 2.79. The van der Waals surface area contributed by atoms with E-state index >= 15 is 0 Å². The minimum atomic E-state index is -1.72. The van der Waals surface area contributed by atoms with Gasteiger partial charge in [0.05, 0.1) is 0 Å². The number of halogens is 3. The molecule has 0 radical (unpaired) electrons. The fraction of sp³-hybridized carbons (Fsp3) is 0. The maximum Gasteiger partial charge on any atom is 0.270 e. The van der Waals surface area contributed by atoms with Crippen LogP contribution >= 0.6 is 15.9 Å². The summed E-state index contributed by atoms with van der Waals surface area (Å²) in [5, 5.41) is 0. The summed E-state index contributed by atoms with van der Waals surface area (Å²) in [5.74, 6) is 0. The molecule has 0 spiro atoms. The van der Waals surface area contributed by atoms with Crippen molar-refractivity contribution in [2.75, 3.05) is 0 Å². The van der Waals surface area contributed by atoms with Crippen molar-refractivity contribution >= 4 is 22.0 Å². The molecule has 0 aromatic carbocycles. The summed E-state index contributed by atoms with van der Waals surface area (Å²) in [5.41, 5.74) is 0.388. The van der Waals surface area contributed by atoms with Crippen LogP contribution in [0, 0.1) is 0 Å². The van der Waals surface area contributed by atoms with Crippen molar-refractivity contribution < 1.29 is 8.78 Å². The molecule has 0 aliphatic heterocycles. The Hall–Kier alpha value is -0.770. The Morgan fingerprint density at radius 1 is 1.45 bits per heavy atom. The van der Waals surface area contributed by atoms with Gasteiger partial charge >= 0.3 is 0 Å². The maximum absolute atomic E-state index is 11.7. The highest BCUT2D eigenvalue weighted by Crippen LogP contribution is 2.13. The second-order valence-electron chi connectivity index (χ2n) is 1.87. The standard InChI is InChI=1S/C7H4BrF2N/c8-6-1-5(2-7(9)10)3-11-4-6/h1-4H. The number of aromatic nitrogens is 1. The lowest BCUT2D eigenvalue weighted by Gasteiger charge is -1.91. The van der Waals surface area contributed by atoms with Gasteiger partial charge in [0.25, 0.3) is 6.08 Å². The fourth-order valence-corrected chi connectivity index (χ4v) is 1.02. The second kappa shape index (κ2) is 3.57. The van der Waals surface area contributed by atoms with Gasteiger partial charge in [-0.15, -0.1) is 0 Å². The first-order valence-electron chi connectivity index (χ1n) is 2.82. The molecule has 0 aliphatic rings. The Morgan fingerprint density at radius 3 is 2.73 bits per heavy atom. The summed E-state index contributed by atoms with van der Waals surface area (Å²) in [6, 6.07) is 1.56. The predicted molar refractivity (Wildman–Crippen MR) is 42.1 cm³/mol. The van der Waals surface area contributed by atoms with Gasteiger partial charge in [0.15, 0.2) is 0 Å². The lowest BCUT2D eigenvalue weighted by Crippen LogP contribution is -1.75. The molecule has 0 amide bonds. The van der Waals surface area contributed by atoms with E-state index in [1.807, 2.05) is 0 Å². The molecule has 1 aromatic rings. The highest BCUT2D eigenvalue weighted by Gasteiger charge is 1.93. The van der Waals surface area contributed by atoms with E-state index in [0.717, 1.165) is 6.08 Å². The average Bonchev–Trinajstić information content (AvgIpc) is 1.85. The molecule has 0 bridgehead atoms. The zero-order valence-electron chi connectivity index (χ0n) is 5.39. The van der Waals surface area contributed by atoms with Crippen LogP contribution in [-0.4, -0.2) is 4.98 Å². The van der Waals surface area contributed by atoms with E-state index in [9.17, 15) is 8.78 Å². The summed E-state index contributed by atoms with van der Waals surface area (Å²) in [6.07, 6.45) is 1.94. The van der Waals surface area contributed by atoms with E-state index in [1.165, 1.54) is 12.4 Å². The van der Waals surface area contributed by atoms with Crippen LogP contribution in [0.1, 0.15) is 5.56 Å². The van der Waals surface area contributed by atoms with E-state index in [4.69, 9.17) is 0 Å². The Bertz CT molecular complexity index is 282. The molecule has 11 heavy (non-hydrogen) atoms. The Labute approximate surface area is 70.9 Å². The van der Waals surface area contributed by atoms with Gasteiger partial charge in [0.1, 0.15) is 0 Å². The van der Waals surface area contributed by atoms with Gasteiger partial charge < -0.3 is 0 Å². The lowest BCUT2D eigenvalue weighted by molar-refractivity contribution is 0.429. The van der Waals surface area contributed by atoms with Crippen LogP contribution in [0.15, 0.2) is 29.0 Å². The first kappa shape index (κ1) is 8.33. The molecule has 0 N–H and O–H groups in total. The van der Waals surface area contributed by atoms with Crippen LogP contribution in [0.3, 0.4) is 0 Å². The SMILES string of the molecule is FC(F)=Cc1cncc(Br)c1. The number of nitrogens with zero attached hydrogens (tertiary/aromatic N) is 1. The molecule has 0 aliphatic carbocycles. The van der Waals surface area contributed by atoms with E-state index in [0.29, 0.717) is 10.0 Å². The Kier molecular flexibility index (Phi) is 2.70. The first-order chi connectivity index (χ1) is 5.18. The summed E-state index contributed by atoms with van der Waals surface area (Å²) in [7, 11) is 0. The molecule has 0 saturated heterocycles. The van der Waals surface area contributed by atoms with E-state index in [2.05, 4.69) is 20.9 Å². The Balaban J connectivity index is 2.97. The molecule has 0 unspecified atom stereocenters. The summed E-state index contributed by atoms with van der Waals surface area (Å²) < 4.78 is 24.0. The molecule has 58 valence electrons. The van der Waals surface area contributed by atoms with Gasteiger partial charge in [0, 0.05) is 22.9 Å². The highest BCUT2D eigenvalue weighted by molar-refractivity contribution is 9.10. The molecular weight excluding hydrogens is 216 g/mol. The van der Waals surface area contributed by atoms with Crippen molar-refractivity contribution in [1.82, 2.24) is 4.98 Å².